The molecule has 3 aliphatic rings. The minimum atomic E-state index is -0.0491. The molecular formula is C20H31Cl2N3O2. The van der Waals surface area contributed by atoms with Crippen LogP contribution >= 0.6 is 24.8 Å². The van der Waals surface area contributed by atoms with Gasteiger partial charge in [-0.05, 0) is 43.2 Å². The zero-order valence-corrected chi connectivity index (χ0v) is 17.6. The van der Waals surface area contributed by atoms with Crippen molar-refractivity contribution in [3.63, 3.8) is 0 Å². The minimum absolute atomic E-state index is 0. The number of likely N-dealkylation sites (tertiary alicyclic amines) is 1. The Kier molecular flexibility index (Phi) is 8.22. The van der Waals surface area contributed by atoms with E-state index in [-0.39, 0.29) is 42.9 Å². The molecule has 27 heavy (non-hydrogen) atoms. The molecule has 1 N–H and O–H groups in total. The number of amides is 1. The van der Waals surface area contributed by atoms with Crippen molar-refractivity contribution in [2.24, 2.45) is 5.92 Å². The first-order valence-corrected chi connectivity index (χ1v) is 9.62. The first-order chi connectivity index (χ1) is 12.2. The highest BCUT2D eigenvalue weighted by atomic mass is 35.5. The average Bonchev–Trinajstić information content (AvgIpc) is 3.29. The molecule has 2 fully saturated rings. The normalized spacial score (nSPS) is 24.9. The molecule has 0 saturated carbocycles. The van der Waals surface area contributed by atoms with Gasteiger partial charge < -0.3 is 19.9 Å². The number of para-hydroxylation sites is 1. The summed E-state index contributed by atoms with van der Waals surface area (Å²) in [5.74, 6) is 0.961. The van der Waals surface area contributed by atoms with E-state index in [0.717, 1.165) is 52.0 Å². The minimum Gasteiger partial charge on any atom is -0.380 e. The number of nitrogens with one attached hydrogen (secondary N) is 1. The van der Waals surface area contributed by atoms with E-state index in [1.165, 1.54) is 17.7 Å². The average molecular weight is 416 g/mol. The van der Waals surface area contributed by atoms with Gasteiger partial charge in [-0.15, -0.1) is 24.8 Å². The molecule has 1 aromatic rings. The zero-order chi connectivity index (χ0) is 17.2. The number of carbonyl (C=O) groups excluding carboxylic acids is 1. The van der Waals surface area contributed by atoms with Gasteiger partial charge in [0, 0.05) is 45.5 Å². The van der Waals surface area contributed by atoms with Crippen LogP contribution in [-0.2, 0) is 16.0 Å². The fourth-order valence-corrected chi connectivity index (χ4v) is 4.54. The lowest BCUT2D eigenvalue weighted by Crippen LogP contribution is -2.48. The van der Waals surface area contributed by atoms with Gasteiger partial charge >= 0.3 is 0 Å². The third kappa shape index (κ3) is 4.89. The number of fused-ring (bicyclic) bond motifs is 1. The highest BCUT2D eigenvalue weighted by Gasteiger charge is 2.34. The molecule has 2 saturated heterocycles. The van der Waals surface area contributed by atoms with Crippen molar-refractivity contribution in [2.45, 2.75) is 37.8 Å². The monoisotopic (exact) mass is 415 g/mol. The number of benzene rings is 1. The highest BCUT2D eigenvalue weighted by molar-refractivity contribution is 5.85. The smallest absolute Gasteiger partial charge is 0.239 e. The van der Waals surface area contributed by atoms with Gasteiger partial charge in [0.05, 0.1) is 12.1 Å². The number of anilines is 1. The first kappa shape index (κ1) is 22.3. The maximum absolute atomic E-state index is 12.7. The number of piperidine rings is 1. The lowest BCUT2D eigenvalue weighted by Gasteiger charge is -2.35. The van der Waals surface area contributed by atoms with Crippen LogP contribution in [0.15, 0.2) is 24.3 Å². The number of hydrogen-bond acceptors (Lipinski definition) is 4. The molecule has 0 aromatic heterocycles. The van der Waals surface area contributed by atoms with Crippen molar-refractivity contribution < 1.29 is 9.53 Å². The molecule has 1 amide bonds. The standard InChI is InChI=1S/C20H29N3O2.2ClH/c1-25-17-12-18(21-13-17)20(24)22-9-6-15(7-10-22)14-23-11-8-16-4-2-3-5-19(16)23;;/h2-5,15,17-18,21H,6-14H2,1H3;2*1H/t17-,18-;;/m0../s1. The maximum atomic E-state index is 12.7. The van der Waals surface area contributed by atoms with Crippen LogP contribution in [0.3, 0.4) is 0 Å². The van der Waals surface area contributed by atoms with E-state index in [4.69, 9.17) is 4.74 Å². The van der Waals surface area contributed by atoms with E-state index in [0.29, 0.717) is 5.92 Å². The van der Waals surface area contributed by atoms with Gasteiger partial charge in [-0.1, -0.05) is 18.2 Å². The molecule has 152 valence electrons. The summed E-state index contributed by atoms with van der Waals surface area (Å²) in [5.41, 5.74) is 2.90. The number of rotatable bonds is 4. The third-order valence-electron chi connectivity index (χ3n) is 6.11. The van der Waals surface area contributed by atoms with Crippen LogP contribution in [0, 0.1) is 5.92 Å². The number of hydrogen-bond donors (Lipinski definition) is 1. The van der Waals surface area contributed by atoms with Crippen LogP contribution in [0.25, 0.3) is 0 Å². The van der Waals surface area contributed by atoms with Gasteiger partial charge in [0.25, 0.3) is 0 Å². The molecule has 1 aromatic carbocycles. The highest BCUT2D eigenvalue weighted by Crippen LogP contribution is 2.30. The van der Waals surface area contributed by atoms with E-state index in [1.54, 1.807) is 7.11 Å². The third-order valence-corrected chi connectivity index (χ3v) is 6.11. The summed E-state index contributed by atoms with van der Waals surface area (Å²) in [4.78, 5) is 17.3. The number of nitrogens with zero attached hydrogens (tertiary/aromatic N) is 2. The largest absolute Gasteiger partial charge is 0.380 e. The van der Waals surface area contributed by atoms with Crippen molar-refractivity contribution in [1.29, 1.82) is 0 Å². The van der Waals surface area contributed by atoms with Crippen LogP contribution in [0.2, 0.25) is 0 Å². The second kappa shape index (κ2) is 9.97. The molecule has 0 bridgehead atoms. The summed E-state index contributed by atoms with van der Waals surface area (Å²) in [6.45, 7) is 4.86. The predicted molar refractivity (Wildman–Crippen MR) is 113 cm³/mol. The van der Waals surface area contributed by atoms with Crippen molar-refractivity contribution >= 4 is 36.4 Å². The van der Waals surface area contributed by atoms with Crippen LogP contribution in [0.1, 0.15) is 24.8 Å². The van der Waals surface area contributed by atoms with E-state index >= 15 is 0 Å². The van der Waals surface area contributed by atoms with Gasteiger partial charge in [-0.25, -0.2) is 0 Å². The van der Waals surface area contributed by atoms with Gasteiger partial charge in [-0.2, -0.15) is 0 Å². The topological polar surface area (TPSA) is 44.8 Å². The molecular weight excluding hydrogens is 385 g/mol. The lowest BCUT2D eigenvalue weighted by atomic mass is 9.95. The predicted octanol–water partition coefficient (Wildman–Crippen LogP) is 2.51. The van der Waals surface area contributed by atoms with Gasteiger partial charge in [0.15, 0.2) is 0 Å². The molecule has 0 unspecified atom stereocenters. The molecule has 0 aliphatic carbocycles. The lowest BCUT2D eigenvalue weighted by molar-refractivity contribution is -0.134. The molecule has 7 heteroatoms. The number of methoxy groups -OCH3 is 1. The summed E-state index contributed by atoms with van der Waals surface area (Å²) in [7, 11) is 1.72. The maximum Gasteiger partial charge on any atom is 0.239 e. The molecule has 0 radical (unpaired) electrons. The summed E-state index contributed by atoms with van der Waals surface area (Å²) in [5, 5.41) is 3.31. The fourth-order valence-electron chi connectivity index (χ4n) is 4.54. The van der Waals surface area contributed by atoms with Crippen molar-refractivity contribution in [2.75, 3.05) is 44.7 Å². The summed E-state index contributed by atoms with van der Waals surface area (Å²) in [6.07, 6.45) is 4.39. The molecule has 4 rings (SSSR count). The Hall–Kier alpha value is -1.01. The van der Waals surface area contributed by atoms with Crippen LogP contribution in [0.4, 0.5) is 5.69 Å². The van der Waals surface area contributed by atoms with E-state index in [2.05, 4.69) is 39.4 Å². The summed E-state index contributed by atoms with van der Waals surface area (Å²) < 4.78 is 5.36. The van der Waals surface area contributed by atoms with E-state index in [1.807, 2.05) is 0 Å². The zero-order valence-electron chi connectivity index (χ0n) is 15.9. The molecule has 3 aliphatic heterocycles. The Morgan fingerprint density at radius 3 is 2.63 bits per heavy atom. The summed E-state index contributed by atoms with van der Waals surface area (Å²) in [6, 6.07) is 8.72. The number of carbonyl (C=O) groups is 1. The van der Waals surface area contributed by atoms with Gasteiger partial charge in [0.1, 0.15) is 0 Å². The molecule has 3 heterocycles. The van der Waals surface area contributed by atoms with Crippen LogP contribution < -0.4 is 10.2 Å². The summed E-state index contributed by atoms with van der Waals surface area (Å²) >= 11 is 0. The van der Waals surface area contributed by atoms with E-state index in [9.17, 15) is 4.79 Å². The molecule has 5 nitrogen and oxygen atoms in total. The Labute approximate surface area is 174 Å². The quantitative estimate of drug-likeness (QED) is 0.820. The number of ether oxygens (including phenoxy) is 1. The van der Waals surface area contributed by atoms with E-state index < -0.39 is 0 Å². The van der Waals surface area contributed by atoms with Crippen molar-refractivity contribution in [1.82, 2.24) is 10.2 Å². The molecule has 2 atom stereocenters. The Balaban J connectivity index is 0.00000131. The SMILES string of the molecule is CO[C@@H]1CN[C@H](C(=O)N2CCC(CN3CCc4ccccc43)CC2)C1.Cl.Cl. The van der Waals surface area contributed by atoms with Crippen LogP contribution in [0.5, 0.6) is 0 Å². The second-order valence-electron chi connectivity index (χ2n) is 7.65. The Morgan fingerprint density at radius 2 is 1.93 bits per heavy atom. The van der Waals surface area contributed by atoms with Crippen molar-refractivity contribution in [3.8, 4) is 0 Å². The molecule has 0 spiro atoms. The Bertz CT molecular complexity index is 623. The fraction of sp³-hybridized carbons (Fsp3) is 0.650. The number of halogens is 2. The van der Waals surface area contributed by atoms with Crippen molar-refractivity contribution in [3.05, 3.63) is 29.8 Å². The second-order valence-corrected chi connectivity index (χ2v) is 7.65. The van der Waals surface area contributed by atoms with Gasteiger partial charge in [-0.3, -0.25) is 4.79 Å². The first-order valence-electron chi connectivity index (χ1n) is 9.62. The van der Waals surface area contributed by atoms with Gasteiger partial charge in [0.2, 0.25) is 5.91 Å². The van der Waals surface area contributed by atoms with Crippen LogP contribution in [-0.4, -0.2) is 62.8 Å². The Morgan fingerprint density at radius 1 is 1.19 bits per heavy atom.